The molecule has 84 valence electrons. The van der Waals surface area contributed by atoms with Gasteiger partial charge < -0.3 is 15.2 Å². The standard InChI is InChI=1S/C11H23NO2/c1-4-6-14-9-11(13)8-12-7-10(3)5-2/h4,10-13H,1,5-9H2,2-3H3/p+1. The summed E-state index contributed by atoms with van der Waals surface area (Å²) in [5.41, 5.74) is 0. The van der Waals surface area contributed by atoms with Crippen LogP contribution < -0.4 is 5.32 Å². The minimum Gasteiger partial charge on any atom is -0.385 e. The fraction of sp³-hybridized carbons (Fsp3) is 0.818. The molecule has 3 nitrogen and oxygen atoms in total. The Morgan fingerprint density at radius 2 is 2.21 bits per heavy atom. The smallest absolute Gasteiger partial charge is 0.126 e. The Morgan fingerprint density at radius 1 is 1.50 bits per heavy atom. The van der Waals surface area contributed by atoms with Crippen LogP contribution in [0.5, 0.6) is 0 Å². The highest BCUT2D eigenvalue weighted by atomic mass is 16.5. The van der Waals surface area contributed by atoms with Crippen molar-refractivity contribution in [2.45, 2.75) is 26.4 Å². The van der Waals surface area contributed by atoms with Gasteiger partial charge in [-0.3, -0.25) is 0 Å². The van der Waals surface area contributed by atoms with Gasteiger partial charge in [0.1, 0.15) is 12.6 Å². The molecule has 0 saturated heterocycles. The SMILES string of the molecule is C=CCOCC(O)C[NH2+]CC(C)CC. The number of quaternary nitrogens is 1. The molecule has 0 aliphatic carbocycles. The van der Waals surface area contributed by atoms with Gasteiger partial charge in [-0.25, -0.2) is 0 Å². The van der Waals surface area contributed by atoms with Crippen LogP contribution in [-0.2, 0) is 4.74 Å². The summed E-state index contributed by atoms with van der Waals surface area (Å²) in [6.07, 6.45) is 2.52. The van der Waals surface area contributed by atoms with Crippen LogP contribution in [0.1, 0.15) is 20.3 Å². The molecule has 0 aliphatic heterocycles. The van der Waals surface area contributed by atoms with Gasteiger partial charge in [-0.15, -0.1) is 6.58 Å². The fourth-order valence-electron chi connectivity index (χ4n) is 1.10. The number of hydrogen-bond acceptors (Lipinski definition) is 2. The molecule has 3 N–H and O–H groups in total. The monoisotopic (exact) mass is 202 g/mol. The summed E-state index contributed by atoms with van der Waals surface area (Å²) < 4.78 is 5.14. The van der Waals surface area contributed by atoms with Gasteiger partial charge in [0, 0.05) is 5.92 Å². The van der Waals surface area contributed by atoms with Crippen molar-refractivity contribution in [3.63, 3.8) is 0 Å². The lowest BCUT2D eigenvalue weighted by molar-refractivity contribution is -0.666. The number of rotatable bonds is 9. The van der Waals surface area contributed by atoms with Gasteiger partial charge in [0.05, 0.1) is 19.8 Å². The summed E-state index contributed by atoms with van der Waals surface area (Å²) in [5, 5.41) is 11.6. The van der Waals surface area contributed by atoms with E-state index in [0.29, 0.717) is 13.2 Å². The molecule has 0 saturated carbocycles. The van der Waals surface area contributed by atoms with Gasteiger partial charge in [0.2, 0.25) is 0 Å². The van der Waals surface area contributed by atoms with E-state index in [9.17, 15) is 5.11 Å². The Hall–Kier alpha value is -0.380. The summed E-state index contributed by atoms with van der Waals surface area (Å²) in [5.74, 6) is 0.719. The lowest BCUT2D eigenvalue weighted by Gasteiger charge is -2.11. The molecule has 3 heteroatoms. The van der Waals surface area contributed by atoms with Gasteiger partial charge >= 0.3 is 0 Å². The fourth-order valence-corrected chi connectivity index (χ4v) is 1.10. The molecule has 0 rings (SSSR count). The van der Waals surface area contributed by atoms with Crippen molar-refractivity contribution in [1.82, 2.24) is 0 Å². The predicted octanol–water partition coefficient (Wildman–Crippen LogP) is 0.159. The van der Waals surface area contributed by atoms with Crippen molar-refractivity contribution in [3.05, 3.63) is 12.7 Å². The molecule has 0 amide bonds. The zero-order chi connectivity index (χ0) is 10.8. The van der Waals surface area contributed by atoms with Crippen LogP contribution in [-0.4, -0.2) is 37.5 Å². The third-order valence-corrected chi connectivity index (χ3v) is 2.25. The van der Waals surface area contributed by atoms with Crippen LogP contribution in [0.4, 0.5) is 0 Å². The van der Waals surface area contributed by atoms with E-state index in [4.69, 9.17) is 4.74 Å². The molecule has 0 fully saturated rings. The molecule has 0 aromatic rings. The first-order valence-corrected chi connectivity index (χ1v) is 5.39. The molecule has 0 heterocycles. The van der Waals surface area contributed by atoms with Crippen LogP contribution in [0.25, 0.3) is 0 Å². The third-order valence-electron chi connectivity index (χ3n) is 2.25. The van der Waals surface area contributed by atoms with E-state index in [1.54, 1.807) is 6.08 Å². The Morgan fingerprint density at radius 3 is 2.79 bits per heavy atom. The molecule has 0 aliphatic rings. The highest BCUT2D eigenvalue weighted by molar-refractivity contribution is 4.64. The molecule has 0 radical (unpaired) electrons. The van der Waals surface area contributed by atoms with Crippen molar-refractivity contribution >= 4 is 0 Å². The number of ether oxygens (including phenoxy) is 1. The molecule has 2 unspecified atom stereocenters. The van der Waals surface area contributed by atoms with Crippen molar-refractivity contribution < 1.29 is 15.2 Å². The lowest BCUT2D eigenvalue weighted by Crippen LogP contribution is -2.87. The van der Waals surface area contributed by atoms with Crippen LogP contribution in [0.15, 0.2) is 12.7 Å². The van der Waals surface area contributed by atoms with Gasteiger partial charge in [-0.2, -0.15) is 0 Å². The summed E-state index contributed by atoms with van der Waals surface area (Å²) in [4.78, 5) is 0. The second-order valence-electron chi connectivity index (χ2n) is 3.75. The maximum Gasteiger partial charge on any atom is 0.126 e. The number of nitrogens with two attached hydrogens (primary N) is 1. The Labute approximate surface area is 87.2 Å². The quantitative estimate of drug-likeness (QED) is 0.413. The van der Waals surface area contributed by atoms with Gasteiger partial charge in [-0.05, 0) is 6.42 Å². The zero-order valence-corrected chi connectivity index (χ0v) is 9.41. The van der Waals surface area contributed by atoms with Gasteiger partial charge in [-0.1, -0.05) is 19.9 Å². The van der Waals surface area contributed by atoms with E-state index in [1.807, 2.05) is 0 Å². The van der Waals surface area contributed by atoms with E-state index < -0.39 is 0 Å². The Balaban J connectivity index is 3.25. The average molecular weight is 202 g/mol. The number of hydrogen-bond donors (Lipinski definition) is 2. The average Bonchev–Trinajstić information content (AvgIpc) is 2.18. The molecule has 0 aromatic carbocycles. The van der Waals surface area contributed by atoms with Crippen LogP contribution in [0.2, 0.25) is 0 Å². The summed E-state index contributed by atoms with van der Waals surface area (Å²) in [6.45, 7) is 10.7. The molecular weight excluding hydrogens is 178 g/mol. The van der Waals surface area contributed by atoms with Gasteiger partial charge in [0.25, 0.3) is 0 Å². The minimum absolute atomic E-state index is 0.362. The van der Waals surface area contributed by atoms with E-state index in [1.165, 1.54) is 6.42 Å². The molecule has 14 heavy (non-hydrogen) atoms. The first kappa shape index (κ1) is 13.6. The maximum absolute atomic E-state index is 9.47. The molecule has 0 aromatic heterocycles. The zero-order valence-electron chi connectivity index (χ0n) is 9.41. The van der Waals surface area contributed by atoms with Crippen LogP contribution in [0.3, 0.4) is 0 Å². The summed E-state index contributed by atoms with van der Waals surface area (Å²) in [7, 11) is 0. The topological polar surface area (TPSA) is 46.1 Å². The van der Waals surface area contributed by atoms with E-state index in [0.717, 1.165) is 19.0 Å². The van der Waals surface area contributed by atoms with E-state index in [2.05, 4.69) is 25.7 Å². The second-order valence-corrected chi connectivity index (χ2v) is 3.75. The molecular formula is C11H24NO2+. The predicted molar refractivity (Wildman–Crippen MR) is 58.1 cm³/mol. The molecule has 0 spiro atoms. The first-order valence-electron chi connectivity index (χ1n) is 5.39. The number of aliphatic hydroxyl groups excluding tert-OH is 1. The third kappa shape index (κ3) is 8.23. The highest BCUT2D eigenvalue weighted by Crippen LogP contribution is 1.94. The summed E-state index contributed by atoms with van der Waals surface area (Å²) >= 11 is 0. The Bertz CT molecular complexity index is 139. The minimum atomic E-state index is -0.362. The highest BCUT2D eigenvalue weighted by Gasteiger charge is 2.07. The van der Waals surface area contributed by atoms with Crippen LogP contribution >= 0.6 is 0 Å². The van der Waals surface area contributed by atoms with Crippen molar-refractivity contribution in [2.24, 2.45) is 5.92 Å². The maximum atomic E-state index is 9.47. The van der Waals surface area contributed by atoms with Gasteiger partial charge in [0.15, 0.2) is 0 Å². The van der Waals surface area contributed by atoms with E-state index >= 15 is 0 Å². The first-order chi connectivity index (χ1) is 6.70. The normalized spacial score (nSPS) is 15.1. The number of aliphatic hydroxyl groups is 1. The van der Waals surface area contributed by atoms with Crippen molar-refractivity contribution in [1.29, 1.82) is 0 Å². The molecule has 0 bridgehead atoms. The Kier molecular flexibility index (Phi) is 8.94. The van der Waals surface area contributed by atoms with Crippen molar-refractivity contribution in [3.8, 4) is 0 Å². The van der Waals surface area contributed by atoms with Crippen molar-refractivity contribution in [2.75, 3.05) is 26.3 Å². The second kappa shape index (κ2) is 9.19. The lowest BCUT2D eigenvalue weighted by atomic mass is 10.1. The van der Waals surface area contributed by atoms with Crippen LogP contribution in [0, 0.1) is 5.92 Å². The summed E-state index contributed by atoms with van der Waals surface area (Å²) in [6, 6.07) is 0. The van der Waals surface area contributed by atoms with E-state index in [-0.39, 0.29) is 6.10 Å². The molecule has 2 atom stereocenters. The largest absolute Gasteiger partial charge is 0.385 e.